The number of nitrogens with zero attached hydrogens (tertiary/aromatic N) is 2. The van der Waals surface area contributed by atoms with Gasteiger partial charge in [0.15, 0.2) is 0 Å². The van der Waals surface area contributed by atoms with E-state index in [1.807, 2.05) is 6.92 Å². The summed E-state index contributed by atoms with van der Waals surface area (Å²) < 4.78 is 26.8. The molecule has 1 aromatic heterocycles. The Morgan fingerprint density at radius 3 is 2.62 bits per heavy atom. The minimum atomic E-state index is -3.53. The van der Waals surface area contributed by atoms with Gasteiger partial charge in [0.1, 0.15) is 10.7 Å². The van der Waals surface area contributed by atoms with Crippen LogP contribution in [-0.4, -0.2) is 37.3 Å². The van der Waals surface area contributed by atoms with E-state index in [1.54, 1.807) is 7.05 Å². The molecule has 5 nitrogen and oxygen atoms in total. The van der Waals surface area contributed by atoms with E-state index >= 15 is 0 Å². The van der Waals surface area contributed by atoms with Crippen LogP contribution >= 0.6 is 11.6 Å². The van der Waals surface area contributed by atoms with Crippen LogP contribution < -0.4 is 5.32 Å². The van der Waals surface area contributed by atoms with Gasteiger partial charge in [-0.15, -0.1) is 0 Å². The molecular weight excluding hydrogens is 310 g/mol. The van der Waals surface area contributed by atoms with Crippen molar-refractivity contribution in [3.8, 4) is 0 Å². The number of pyridine rings is 1. The summed E-state index contributed by atoms with van der Waals surface area (Å²) in [4.78, 5) is 4.27. The first-order valence-corrected chi connectivity index (χ1v) is 9.16. The van der Waals surface area contributed by atoms with Crippen molar-refractivity contribution < 1.29 is 8.42 Å². The molecule has 118 valence electrons. The Bertz CT molecular complexity index is 586. The van der Waals surface area contributed by atoms with Crippen LogP contribution in [0.4, 0.5) is 5.82 Å². The quantitative estimate of drug-likeness (QED) is 0.900. The zero-order chi connectivity index (χ0) is 15.5. The van der Waals surface area contributed by atoms with E-state index in [9.17, 15) is 8.42 Å². The Labute approximate surface area is 131 Å². The fraction of sp³-hybridized carbons (Fsp3) is 0.643. The van der Waals surface area contributed by atoms with Gasteiger partial charge in [0, 0.05) is 25.8 Å². The third-order valence-corrected chi connectivity index (χ3v) is 6.09. The molecule has 0 saturated heterocycles. The summed E-state index contributed by atoms with van der Waals surface area (Å²) in [5.41, 5.74) is 0. The number of halogens is 1. The van der Waals surface area contributed by atoms with E-state index in [2.05, 4.69) is 10.3 Å². The molecule has 1 fully saturated rings. The monoisotopic (exact) mass is 331 g/mol. The zero-order valence-electron chi connectivity index (χ0n) is 12.5. The van der Waals surface area contributed by atoms with Crippen molar-refractivity contribution in [1.29, 1.82) is 0 Å². The average molecular weight is 332 g/mol. The number of anilines is 1. The summed E-state index contributed by atoms with van der Waals surface area (Å²) in [7, 11) is -1.88. The van der Waals surface area contributed by atoms with E-state index in [0.29, 0.717) is 17.4 Å². The molecule has 7 heteroatoms. The van der Waals surface area contributed by atoms with Crippen LogP contribution in [0, 0.1) is 0 Å². The van der Waals surface area contributed by atoms with Crippen molar-refractivity contribution in [2.45, 2.75) is 50.0 Å². The first-order valence-electron chi connectivity index (χ1n) is 7.34. The summed E-state index contributed by atoms with van der Waals surface area (Å²) in [6.07, 6.45) is 6.58. The lowest BCUT2D eigenvalue weighted by molar-refractivity contribution is 0.286. The second-order valence-corrected chi connectivity index (χ2v) is 7.75. The van der Waals surface area contributed by atoms with Crippen molar-refractivity contribution >= 4 is 27.4 Å². The van der Waals surface area contributed by atoms with E-state index in [1.165, 1.54) is 23.0 Å². The Morgan fingerprint density at radius 2 is 2.05 bits per heavy atom. The Hall–Kier alpha value is -0.850. The minimum absolute atomic E-state index is 0.0796. The predicted molar refractivity (Wildman–Crippen MR) is 85.2 cm³/mol. The smallest absolute Gasteiger partial charge is 0.244 e. The van der Waals surface area contributed by atoms with Crippen molar-refractivity contribution in [2.75, 3.05) is 18.9 Å². The molecule has 0 spiro atoms. The molecule has 0 unspecified atom stereocenters. The van der Waals surface area contributed by atoms with Gasteiger partial charge in [-0.2, -0.15) is 4.31 Å². The van der Waals surface area contributed by atoms with Crippen molar-refractivity contribution in [1.82, 2.24) is 9.29 Å². The number of aromatic nitrogens is 1. The molecule has 21 heavy (non-hydrogen) atoms. The lowest BCUT2D eigenvalue weighted by Gasteiger charge is -2.30. The fourth-order valence-corrected chi connectivity index (χ4v) is 4.35. The second kappa shape index (κ2) is 6.94. The number of hydrogen-bond donors (Lipinski definition) is 1. The molecule has 0 bridgehead atoms. The van der Waals surface area contributed by atoms with Crippen LogP contribution in [0.2, 0.25) is 5.02 Å². The number of nitrogens with one attached hydrogen (secondary N) is 1. The van der Waals surface area contributed by atoms with Gasteiger partial charge in [-0.25, -0.2) is 13.4 Å². The van der Waals surface area contributed by atoms with Crippen LogP contribution in [0.3, 0.4) is 0 Å². The fourth-order valence-electron chi connectivity index (χ4n) is 2.67. The lowest BCUT2D eigenvalue weighted by Crippen LogP contribution is -2.38. The first-order chi connectivity index (χ1) is 9.96. The van der Waals surface area contributed by atoms with Gasteiger partial charge in [0.25, 0.3) is 0 Å². The SMILES string of the molecule is CCNc1ncc(S(=O)(=O)N(C)C2CCCCC2)cc1Cl. The van der Waals surface area contributed by atoms with Gasteiger partial charge >= 0.3 is 0 Å². The van der Waals surface area contributed by atoms with Gasteiger partial charge < -0.3 is 5.32 Å². The van der Waals surface area contributed by atoms with Crippen molar-refractivity contribution in [3.05, 3.63) is 17.3 Å². The van der Waals surface area contributed by atoms with E-state index < -0.39 is 10.0 Å². The molecule has 1 aliphatic carbocycles. The maximum absolute atomic E-state index is 12.7. The molecule has 2 rings (SSSR count). The lowest BCUT2D eigenvalue weighted by atomic mass is 9.96. The maximum atomic E-state index is 12.7. The van der Waals surface area contributed by atoms with E-state index in [4.69, 9.17) is 11.6 Å². The number of sulfonamides is 1. The second-order valence-electron chi connectivity index (χ2n) is 5.34. The Balaban J connectivity index is 2.24. The van der Waals surface area contributed by atoms with Crippen molar-refractivity contribution in [2.24, 2.45) is 0 Å². The number of rotatable bonds is 5. The Morgan fingerprint density at radius 1 is 1.38 bits per heavy atom. The summed E-state index contributed by atoms with van der Waals surface area (Å²) in [5.74, 6) is 0.512. The highest BCUT2D eigenvalue weighted by Gasteiger charge is 2.29. The third-order valence-electron chi connectivity index (χ3n) is 3.93. The van der Waals surface area contributed by atoms with E-state index in [-0.39, 0.29) is 10.9 Å². The maximum Gasteiger partial charge on any atom is 0.244 e. The molecule has 1 saturated carbocycles. The zero-order valence-corrected chi connectivity index (χ0v) is 14.0. The molecule has 0 amide bonds. The van der Waals surface area contributed by atoms with Crippen LogP contribution in [0.5, 0.6) is 0 Å². The molecule has 0 atom stereocenters. The highest BCUT2D eigenvalue weighted by molar-refractivity contribution is 7.89. The normalized spacial score (nSPS) is 17.1. The first kappa shape index (κ1) is 16.5. The summed E-state index contributed by atoms with van der Waals surface area (Å²) in [6, 6.07) is 1.55. The van der Waals surface area contributed by atoms with E-state index in [0.717, 1.165) is 25.7 Å². The molecule has 0 aromatic carbocycles. The molecule has 1 aliphatic rings. The molecule has 1 aromatic rings. The van der Waals surface area contributed by atoms with Crippen molar-refractivity contribution in [3.63, 3.8) is 0 Å². The van der Waals surface area contributed by atoms with Gasteiger partial charge in [0.2, 0.25) is 10.0 Å². The van der Waals surface area contributed by atoms with Crippen LogP contribution in [0.1, 0.15) is 39.0 Å². The predicted octanol–water partition coefficient (Wildman–Crippen LogP) is 3.12. The van der Waals surface area contributed by atoms with Crippen LogP contribution in [0.25, 0.3) is 0 Å². The topological polar surface area (TPSA) is 62.3 Å². The Kier molecular flexibility index (Phi) is 5.46. The molecule has 1 heterocycles. The van der Waals surface area contributed by atoms with Crippen LogP contribution in [-0.2, 0) is 10.0 Å². The molecule has 1 N–H and O–H groups in total. The summed E-state index contributed by atoms with van der Waals surface area (Å²) >= 11 is 6.10. The van der Waals surface area contributed by atoms with Gasteiger partial charge in [-0.1, -0.05) is 30.9 Å². The molecule has 0 radical (unpaired) electrons. The number of hydrogen-bond acceptors (Lipinski definition) is 4. The average Bonchev–Trinajstić information content (AvgIpc) is 2.49. The highest BCUT2D eigenvalue weighted by Crippen LogP contribution is 2.28. The molecule has 0 aliphatic heterocycles. The highest BCUT2D eigenvalue weighted by atomic mass is 35.5. The van der Waals surface area contributed by atoms with Crippen LogP contribution in [0.15, 0.2) is 17.2 Å². The largest absolute Gasteiger partial charge is 0.369 e. The van der Waals surface area contributed by atoms with Gasteiger partial charge in [-0.05, 0) is 25.8 Å². The summed E-state index contributed by atoms with van der Waals surface area (Å²) in [5, 5.41) is 3.32. The minimum Gasteiger partial charge on any atom is -0.369 e. The summed E-state index contributed by atoms with van der Waals surface area (Å²) in [6.45, 7) is 2.61. The third kappa shape index (κ3) is 3.67. The van der Waals surface area contributed by atoms with Gasteiger partial charge in [0.05, 0.1) is 5.02 Å². The van der Waals surface area contributed by atoms with Gasteiger partial charge in [-0.3, -0.25) is 0 Å². The standard InChI is InChI=1S/C14H22ClN3O2S/c1-3-16-14-13(15)9-12(10-17-14)21(19,20)18(2)11-7-5-4-6-8-11/h9-11H,3-8H2,1-2H3,(H,16,17). The molecular formula is C14H22ClN3O2S.